The number of aromatic nitrogens is 1. The second kappa shape index (κ2) is 15.0. The Morgan fingerprint density at radius 3 is 1.88 bits per heavy atom. The first-order chi connectivity index (χ1) is 29.6. The van der Waals surface area contributed by atoms with E-state index in [1.54, 1.807) is 0 Å². The van der Waals surface area contributed by atoms with E-state index in [1.165, 1.54) is 109 Å². The number of hydrogen-bond donors (Lipinski definition) is 0. The quantitative estimate of drug-likeness (QED) is 0.145. The third-order valence-electron chi connectivity index (χ3n) is 12.5. The van der Waals surface area contributed by atoms with E-state index < -0.39 is 0 Å². The van der Waals surface area contributed by atoms with Crippen molar-refractivity contribution in [2.45, 2.75) is 26.2 Å². The summed E-state index contributed by atoms with van der Waals surface area (Å²) in [5.41, 5.74) is 17.7. The van der Waals surface area contributed by atoms with Gasteiger partial charge in [0.05, 0.1) is 11.0 Å². The summed E-state index contributed by atoms with van der Waals surface area (Å²) in [6, 6.07) is 76.2. The first-order valence-corrected chi connectivity index (χ1v) is 21.8. The second-order valence-corrected chi connectivity index (χ2v) is 17.0. The maximum absolute atomic E-state index is 2.49. The fourth-order valence-electron chi connectivity index (χ4n) is 9.67. The molecule has 2 heteroatoms. The van der Waals surface area contributed by atoms with Crippen LogP contribution in [-0.2, 0) is 0 Å². The molecule has 0 fully saturated rings. The average Bonchev–Trinajstić information content (AvgIpc) is 3.86. The van der Waals surface area contributed by atoms with Gasteiger partial charge in [-0.1, -0.05) is 171 Å². The molecule has 0 spiro atoms. The molecule has 0 bridgehead atoms. The van der Waals surface area contributed by atoms with Crippen molar-refractivity contribution in [3.8, 4) is 50.2 Å². The second-order valence-electron chi connectivity index (χ2n) is 16.0. The lowest BCUT2D eigenvalue weighted by atomic mass is 9.81. The molecule has 0 saturated carbocycles. The maximum Gasteiger partial charge on any atom is 0.0547 e. The van der Waals surface area contributed by atoms with Crippen molar-refractivity contribution in [1.82, 2.24) is 4.57 Å². The van der Waals surface area contributed by atoms with Gasteiger partial charge in [-0.05, 0) is 117 Å². The highest BCUT2D eigenvalue weighted by Crippen LogP contribution is 2.46. The predicted molar refractivity (Wildman–Crippen MR) is 259 cm³/mol. The van der Waals surface area contributed by atoms with Gasteiger partial charge in [0.1, 0.15) is 0 Å². The van der Waals surface area contributed by atoms with Gasteiger partial charge in [-0.15, -0.1) is 11.3 Å². The fourth-order valence-corrected chi connectivity index (χ4v) is 10.9. The Morgan fingerprint density at radius 2 is 1.08 bits per heavy atom. The Bertz CT molecular complexity index is 3350. The summed E-state index contributed by atoms with van der Waals surface area (Å²) in [5, 5.41) is 5.23. The van der Waals surface area contributed by atoms with Gasteiger partial charge in [-0.2, -0.15) is 0 Å². The van der Waals surface area contributed by atoms with E-state index >= 15 is 0 Å². The molecule has 0 aliphatic rings. The third-order valence-corrected chi connectivity index (χ3v) is 13.7. The molecule has 11 aromatic rings. The molecule has 1 atom stereocenters. The van der Waals surface area contributed by atoms with E-state index in [1.807, 2.05) is 11.3 Å². The van der Waals surface area contributed by atoms with E-state index in [-0.39, 0.29) is 5.92 Å². The Hall–Kier alpha value is -7.00. The van der Waals surface area contributed by atoms with Crippen molar-refractivity contribution < 1.29 is 0 Å². The summed E-state index contributed by atoms with van der Waals surface area (Å²) < 4.78 is 5.08. The van der Waals surface area contributed by atoms with Crippen LogP contribution in [0.25, 0.3) is 92.2 Å². The Labute approximate surface area is 355 Å². The Kier molecular flexibility index (Phi) is 9.02. The summed E-state index contributed by atoms with van der Waals surface area (Å²) >= 11 is 1.91. The Balaban J connectivity index is 1.02. The van der Waals surface area contributed by atoms with Crippen molar-refractivity contribution in [2.24, 2.45) is 0 Å². The number of hydrogen-bond acceptors (Lipinski definition) is 1. The number of rotatable bonds is 8. The van der Waals surface area contributed by atoms with E-state index in [2.05, 4.69) is 225 Å². The van der Waals surface area contributed by atoms with Crippen LogP contribution in [-0.4, -0.2) is 4.57 Å². The minimum Gasteiger partial charge on any atom is -0.309 e. The van der Waals surface area contributed by atoms with E-state index in [9.17, 15) is 0 Å². The van der Waals surface area contributed by atoms with Crippen LogP contribution in [0.3, 0.4) is 0 Å². The molecule has 0 N–H and O–H groups in total. The summed E-state index contributed by atoms with van der Waals surface area (Å²) in [4.78, 5) is 0. The van der Waals surface area contributed by atoms with Crippen molar-refractivity contribution in [3.63, 3.8) is 0 Å². The molecule has 11 rings (SSSR count). The highest BCUT2D eigenvalue weighted by Gasteiger charge is 2.22. The molecule has 0 aliphatic heterocycles. The van der Waals surface area contributed by atoms with E-state index in [0.29, 0.717) is 0 Å². The lowest BCUT2D eigenvalue weighted by molar-refractivity contribution is 0.780. The minimum atomic E-state index is 0.212. The molecular weight excluding hydrogens is 743 g/mol. The Morgan fingerprint density at radius 1 is 0.450 bits per heavy atom. The van der Waals surface area contributed by atoms with Gasteiger partial charge in [-0.3, -0.25) is 0 Å². The summed E-state index contributed by atoms with van der Waals surface area (Å²) in [7, 11) is 0. The lowest BCUT2D eigenvalue weighted by Gasteiger charge is -2.22. The molecule has 0 aliphatic carbocycles. The largest absolute Gasteiger partial charge is 0.309 e. The molecule has 0 radical (unpaired) electrons. The van der Waals surface area contributed by atoms with Crippen molar-refractivity contribution in [3.05, 3.63) is 223 Å². The van der Waals surface area contributed by atoms with E-state index in [4.69, 9.17) is 0 Å². The van der Waals surface area contributed by atoms with Gasteiger partial charge in [-0.25, -0.2) is 0 Å². The standard InChI is InChI=1S/C58H43NS/c1-3-45(43-36-52(58-53(37-43)50-23-13-15-28-56(50)60-58)41-31-29-40(30-32-41)39-17-6-4-7-18-39)48-21-10-11-22-49(48)46-34-33-42(35-38(46)2)47-25-16-27-55-57(47)51-24-12-14-26-54(51)59(55)44-19-8-5-9-20-44/h4-37,45H,3H2,1-2H3. The molecular formula is C58H43NS. The number of benzene rings is 9. The summed E-state index contributed by atoms with van der Waals surface area (Å²) in [6.07, 6.45) is 0.988. The number of thiophene rings is 1. The predicted octanol–water partition coefficient (Wildman–Crippen LogP) is 16.7. The van der Waals surface area contributed by atoms with Gasteiger partial charge in [0, 0.05) is 42.6 Å². The molecule has 0 saturated heterocycles. The molecule has 286 valence electrons. The molecule has 2 aromatic heterocycles. The van der Waals surface area contributed by atoms with Crippen molar-refractivity contribution >= 4 is 53.3 Å². The van der Waals surface area contributed by atoms with Crippen LogP contribution < -0.4 is 0 Å². The molecule has 0 amide bonds. The average molecular weight is 786 g/mol. The smallest absolute Gasteiger partial charge is 0.0547 e. The van der Waals surface area contributed by atoms with Gasteiger partial charge < -0.3 is 4.57 Å². The molecule has 1 unspecified atom stereocenters. The van der Waals surface area contributed by atoms with Gasteiger partial charge in [0.25, 0.3) is 0 Å². The van der Waals surface area contributed by atoms with Crippen LogP contribution in [0.2, 0.25) is 0 Å². The highest BCUT2D eigenvalue weighted by molar-refractivity contribution is 7.26. The number of aryl methyl sites for hydroxylation is 1. The van der Waals surface area contributed by atoms with Crippen LogP contribution >= 0.6 is 11.3 Å². The first-order valence-electron chi connectivity index (χ1n) is 21.0. The maximum atomic E-state index is 2.49. The number of fused-ring (bicyclic) bond motifs is 6. The van der Waals surface area contributed by atoms with Crippen LogP contribution in [0.1, 0.15) is 36.0 Å². The zero-order valence-electron chi connectivity index (χ0n) is 33.8. The third kappa shape index (κ3) is 6.06. The lowest BCUT2D eigenvalue weighted by Crippen LogP contribution is -2.03. The van der Waals surface area contributed by atoms with E-state index in [0.717, 1.165) is 6.42 Å². The normalized spacial score (nSPS) is 12.2. The molecule has 1 nitrogen and oxygen atoms in total. The summed E-state index contributed by atoms with van der Waals surface area (Å²) in [6.45, 7) is 4.62. The van der Waals surface area contributed by atoms with Crippen LogP contribution in [0.5, 0.6) is 0 Å². The first kappa shape index (κ1) is 36.1. The van der Waals surface area contributed by atoms with Crippen molar-refractivity contribution in [1.29, 1.82) is 0 Å². The molecule has 9 aromatic carbocycles. The van der Waals surface area contributed by atoms with Gasteiger partial charge in [0.2, 0.25) is 0 Å². The van der Waals surface area contributed by atoms with Gasteiger partial charge in [0.15, 0.2) is 0 Å². The summed E-state index contributed by atoms with van der Waals surface area (Å²) in [5.74, 6) is 0.212. The minimum absolute atomic E-state index is 0.212. The molecule has 2 heterocycles. The number of para-hydroxylation sites is 2. The fraction of sp³-hybridized carbons (Fsp3) is 0.0690. The van der Waals surface area contributed by atoms with Crippen LogP contribution in [0.15, 0.2) is 206 Å². The van der Waals surface area contributed by atoms with Crippen molar-refractivity contribution in [2.75, 3.05) is 0 Å². The van der Waals surface area contributed by atoms with Crippen LogP contribution in [0, 0.1) is 6.92 Å². The van der Waals surface area contributed by atoms with Gasteiger partial charge >= 0.3 is 0 Å². The SMILES string of the molecule is CCC(c1cc(-c2ccc(-c3ccccc3)cc2)c2sc3ccccc3c2c1)c1ccccc1-c1ccc(-c2cccc3c2c2ccccc2n3-c2ccccc2)cc1C. The zero-order valence-corrected chi connectivity index (χ0v) is 34.6. The van der Waals surface area contributed by atoms with Crippen LogP contribution in [0.4, 0.5) is 0 Å². The topological polar surface area (TPSA) is 4.93 Å². The monoisotopic (exact) mass is 785 g/mol. The molecule has 60 heavy (non-hydrogen) atoms. The highest BCUT2D eigenvalue weighted by atomic mass is 32.1. The zero-order chi connectivity index (χ0) is 40.2. The number of nitrogens with zero attached hydrogens (tertiary/aromatic N) is 1.